The van der Waals surface area contributed by atoms with Gasteiger partial charge in [0.2, 0.25) is 11.8 Å². The lowest BCUT2D eigenvalue weighted by Crippen LogP contribution is -2.47. The molecule has 2 fully saturated rings. The van der Waals surface area contributed by atoms with Gasteiger partial charge in [0.25, 0.3) is 0 Å². The number of ether oxygens (including phenoxy) is 1. The van der Waals surface area contributed by atoms with Gasteiger partial charge in [-0.05, 0) is 42.4 Å². The summed E-state index contributed by atoms with van der Waals surface area (Å²) >= 11 is 0. The van der Waals surface area contributed by atoms with Gasteiger partial charge >= 0.3 is 0 Å². The second-order valence-electron chi connectivity index (χ2n) is 7.96. The van der Waals surface area contributed by atoms with Gasteiger partial charge in [-0.15, -0.1) is 4.72 Å². The number of benzene rings is 2. The quantitative estimate of drug-likeness (QED) is 0.534. The van der Waals surface area contributed by atoms with Crippen LogP contribution in [0.25, 0.3) is 11.1 Å². The topological polar surface area (TPSA) is 58.6 Å². The van der Waals surface area contributed by atoms with Crippen LogP contribution in [0.3, 0.4) is 0 Å². The van der Waals surface area contributed by atoms with Gasteiger partial charge in [-0.1, -0.05) is 58.8 Å². The van der Waals surface area contributed by atoms with E-state index in [1.165, 1.54) is 16.7 Å². The Morgan fingerprint density at radius 1 is 1.10 bits per heavy atom. The Balaban J connectivity index is 1.55. The van der Waals surface area contributed by atoms with Gasteiger partial charge in [-0.3, -0.25) is 4.79 Å². The summed E-state index contributed by atoms with van der Waals surface area (Å²) in [5, 5.41) is 0. The van der Waals surface area contributed by atoms with Gasteiger partial charge in [-0.25, -0.2) is 0 Å². The SMILES string of the molecule is COC[SH+](=O)NC1CCN(C(=O)C2CC2)C1Cc1cccc(-c2ccccc2)c1. The van der Waals surface area contributed by atoms with Crippen LogP contribution in [0.2, 0.25) is 0 Å². The first-order valence-corrected chi connectivity index (χ1v) is 11.7. The van der Waals surface area contributed by atoms with E-state index in [2.05, 4.69) is 41.1 Å². The van der Waals surface area contributed by atoms with Crippen LogP contribution in [0.5, 0.6) is 0 Å². The van der Waals surface area contributed by atoms with Gasteiger partial charge in [-0.2, -0.15) is 0 Å². The number of rotatable bonds is 8. The van der Waals surface area contributed by atoms with Crippen LogP contribution < -0.4 is 4.72 Å². The maximum atomic E-state index is 12.9. The summed E-state index contributed by atoms with van der Waals surface area (Å²) in [6.45, 7) is 0.728. The van der Waals surface area contributed by atoms with Crippen molar-refractivity contribution in [1.82, 2.24) is 9.62 Å². The van der Waals surface area contributed by atoms with Crippen LogP contribution in [-0.2, 0) is 31.1 Å². The molecule has 6 heteroatoms. The molecule has 2 aromatic carbocycles. The van der Waals surface area contributed by atoms with Crippen molar-refractivity contribution in [1.29, 1.82) is 0 Å². The molecular formula is C23H29N2O3S+. The highest BCUT2D eigenvalue weighted by Gasteiger charge is 2.43. The minimum absolute atomic E-state index is 0.0185. The Hall–Kier alpha value is -2.02. The maximum Gasteiger partial charge on any atom is 0.227 e. The second-order valence-corrected chi connectivity index (χ2v) is 9.24. The lowest BCUT2D eigenvalue weighted by Gasteiger charge is -2.28. The van der Waals surface area contributed by atoms with Gasteiger partial charge in [0.05, 0.1) is 12.1 Å². The fourth-order valence-corrected chi connectivity index (χ4v) is 5.16. The van der Waals surface area contributed by atoms with Crippen LogP contribution in [0.1, 0.15) is 24.8 Å². The summed E-state index contributed by atoms with van der Waals surface area (Å²) < 4.78 is 20.5. The summed E-state index contributed by atoms with van der Waals surface area (Å²) in [7, 11) is -0.0789. The van der Waals surface area contributed by atoms with Crippen molar-refractivity contribution in [2.24, 2.45) is 5.92 Å². The number of thiol groups is 1. The molecule has 0 spiro atoms. The number of likely N-dealkylation sites (tertiary alicyclic amines) is 1. The summed E-state index contributed by atoms with van der Waals surface area (Å²) in [5.41, 5.74) is 3.56. The van der Waals surface area contributed by atoms with Crippen molar-refractivity contribution in [3.63, 3.8) is 0 Å². The third-order valence-electron chi connectivity index (χ3n) is 5.79. The summed E-state index contributed by atoms with van der Waals surface area (Å²) in [6, 6.07) is 18.9. The summed E-state index contributed by atoms with van der Waals surface area (Å²) in [5.74, 6) is 0.652. The molecule has 5 nitrogen and oxygen atoms in total. The first-order valence-electron chi connectivity index (χ1n) is 10.3. The van der Waals surface area contributed by atoms with Crippen LogP contribution in [-0.4, -0.2) is 42.5 Å². The van der Waals surface area contributed by atoms with E-state index in [1.807, 2.05) is 23.1 Å². The zero-order valence-corrected chi connectivity index (χ0v) is 17.7. The van der Waals surface area contributed by atoms with E-state index in [4.69, 9.17) is 4.74 Å². The van der Waals surface area contributed by atoms with E-state index in [1.54, 1.807) is 7.11 Å². The monoisotopic (exact) mass is 413 g/mol. The molecule has 3 atom stereocenters. The zero-order valence-electron chi connectivity index (χ0n) is 16.8. The molecule has 3 unspecified atom stereocenters. The standard InChI is InChI=1S/C23H28N2O3S/c1-28-16-29(27)24-21-12-13-25(23(26)19-10-11-19)22(21)15-17-6-5-9-20(14-17)18-7-3-2-4-8-18/h2-9,14,19,21-22H,10-13,15-16H2,1H3,(H,24,27)/p+1. The van der Waals surface area contributed by atoms with Crippen molar-refractivity contribution < 1.29 is 13.7 Å². The number of hydrogen-bond acceptors (Lipinski definition) is 3. The predicted octanol–water partition coefficient (Wildman–Crippen LogP) is 3.08. The second kappa shape index (κ2) is 9.20. The van der Waals surface area contributed by atoms with E-state index in [0.717, 1.165) is 32.2 Å². The highest BCUT2D eigenvalue weighted by Crippen LogP contribution is 2.35. The first-order chi connectivity index (χ1) is 14.2. The maximum absolute atomic E-state index is 12.9. The van der Waals surface area contributed by atoms with Crippen LogP contribution >= 0.6 is 0 Å². The van der Waals surface area contributed by atoms with Crippen LogP contribution in [0.4, 0.5) is 0 Å². The normalized spacial score (nSPS) is 22.6. The molecule has 29 heavy (non-hydrogen) atoms. The molecule has 2 aliphatic rings. The smallest absolute Gasteiger partial charge is 0.227 e. The van der Waals surface area contributed by atoms with E-state index >= 15 is 0 Å². The van der Waals surface area contributed by atoms with Crippen molar-refractivity contribution in [2.75, 3.05) is 19.6 Å². The van der Waals surface area contributed by atoms with Crippen molar-refractivity contribution >= 4 is 16.9 Å². The molecule has 1 aliphatic heterocycles. The predicted molar refractivity (Wildman–Crippen MR) is 117 cm³/mol. The number of amides is 1. The fraction of sp³-hybridized carbons (Fsp3) is 0.435. The Kier molecular flexibility index (Phi) is 6.43. The first kappa shape index (κ1) is 20.3. The molecule has 0 radical (unpaired) electrons. The minimum atomic E-state index is -1.63. The van der Waals surface area contributed by atoms with E-state index in [9.17, 15) is 9.00 Å². The number of hydrogen-bond donors (Lipinski definition) is 1. The summed E-state index contributed by atoms with van der Waals surface area (Å²) in [6.07, 6.45) is 3.59. The van der Waals surface area contributed by atoms with Gasteiger partial charge in [0.15, 0.2) is 11.0 Å². The van der Waals surface area contributed by atoms with Gasteiger partial charge in [0, 0.05) is 19.6 Å². The zero-order chi connectivity index (χ0) is 20.2. The van der Waals surface area contributed by atoms with E-state index < -0.39 is 11.0 Å². The molecule has 154 valence electrons. The third kappa shape index (κ3) is 4.94. The molecule has 0 aromatic heterocycles. The van der Waals surface area contributed by atoms with Crippen molar-refractivity contribution in [3.05, 3.63) is 60.2 Å². The molecule has 0 bridgehead atoms. The molecule has 1 saturated carbocycles. The number of methoxy groups -OCH3 is 1. The number of nitrogens with one attached hydrogen (secondary N) is 1. The van der Waals surface area contributed by atoms with Gasteiger partial charge < -0.3 is 9.64 Å². The van der Waals surface area contributed by atoms with Crippen molar-refractivity contribution in [2.45, 2.75) is 37.8 Å². The van der Waals surface area contributed by atoms with E-state index in [-0.39, 0.29) is 29.8 Å². The Morgan fingerprint density at radius 3 is 2.59 bits per heavy atom. The number of nitrogens with zero attached hydrogens (tertiary/aromatic N) is 1. The molecule has 1 aliphatic carbocycles. The average molecular weight is 414 g/mol. The molecular weight excluding hydrogens is 384 g/mol. The largest absolute Gasteiger partial charge is 0.338 e. The highest BCUT2D eigenvalue weighted by atomic mass is 32.2. The van der Waals surface area contributed by atoms with Crippen molar-refractivity contribution in [3.8, 4) is 11.1 Å². The lowest BCUT2D eigenvalue weighted by atomic mass is 9.97. The van der Waals surface area contributed by atoms with E-state index in [0.29, 0.717) is 0 Å². The molecule has 1 heterocycles. The Bertz CT molecular complexity index is 869. The fourth-order valence-electron chi connectivity index (χ4n) is 4.18. The minimum Gasteiger partial charge on any atom is -0.338 e. The molecule has 1 N–H and O–H groups in total. The molecule has 4 rings (SSSR count). The third-order valence-corrected chi connectivity index (χ3v) is 6.90. The lowest BCUT2D eigenvalue weighted by molar-refractivity contribution is -0.133. The van der Waals surface area contributed by atoms with Crippen LogP contribution in [0.15, 0.2) is 54.6 Å². The number of carbonyl (C=O) groups is 1. The molecule has 1 saturated heterocycles. The van der Waals surface area contributed by atoms with Gasteiger partial charge in [0.1, 0.15) is 0 Å². The van der Waals surface area contributed by atoms with Crippen LogP contribution in [0, 0.1) is 5.92 Å². The molecule has 1 amide bonds. The average Bonchev–Trinajstić information content (AvgIpc) is 3.52. The molecule has 2 aromatic rings. The Labute approximate surface area is 175 Å². The Morgan fingerprint density at radius 2 is 1.86 bits per heavy atom. The number of carbonyl (C=O) groups excluding carboxylic acids is 1. The highest BCUT2D eigenvalue weighted by molar-refractivity contribution is 7.82. The summed E-state index contributed by atoms with van der Waals surface area (Å²) in [4.78, 5) is 14.9.